The molecule has 0 unspecified atom stereocenters. The van der Waals surface area contributed by atoms with E-state index < -0.39 is 5.60 Å². The molecule has 2 N–H and O–H groups in total. The second-order valence-electron chi connectivity index (χ2n) is 8.40. The predicted octanol–water partition coefficient (Wildman–Crippen LogP) is 4.36. The van der Waals surface area contributed by atoms with E-state index in [9.17, 15) is 4.79 Å². The van der Waals surface area contributed by atoms with Crippen LogP contribution in [0.3, 0.4) is 0 Å². The van der Waals surface area contributed by atoms with E-state index in [0.29, 0.717) is 12.9 Å². The molecule has 0 saturated carbocycles. The van der Waals surface area contributed by atoms with Crippen LogP contribution in [0.4, 0.5) is 5.69 Å². The summed E-state index contributed by atoms with van der Waals surface area (Å²) < 4.78 is 7.49. The van der Waals surface area contributed by atoms with E-state index in [2.05, 4.69) is 35.8 Å². The average Bonchev–Trinajstić information content (AvgIpc) is 2.69. The first kappa shape index (κ1) is 19.8. The third kappa shape index (κ3) is 3.59. The largest absolute Gasteiger partial charge is 0.462 e. The Labute approximate surface area is 176 Å². The average molecular weight is 401 g/mol. The number of hydrogen-bond donors (Lipinski definition) is 1. The molecule has 30 heavy (non-hydrogen) atoms. The third-order valence-electron chi connectivity index (χ3n) is 5.52. The smallest absolute Gasteiger partial charge is 0.293 e. The van der Waals surface area contributed by atoms with Crippen molar-refractivity contribution in [1.82, 2.24) is 4.98 Å². The third-order valence-corrected chi connectivity index (χ3v) is 5.52. The van der Waals surface area contributed by atoms with Gasteiger partial charge in [0.25, 0.3) is 6.47 Å². The standard InChI is InChI=1S/C25H25N3O2/c1-16-10-21-23(12-18(16)14-25(3,4)30-15-29)28(19-8-6-5-7-9-19)24-13-20(26)17(2)11-22(24)27-21/h5-13,15,26H,14H2,1-4H3/p+1. The Morgan fingerprint density at radius 1 is 1.00 bits per heavy atom. The number of carbonyl (C=O) groups is 1. The van der Waals surface area contributed by atoms with Crippen LogP contribution in [-0.2, 0) is 16.0 Å². The predicted molar refractivity (Wildman–Crippen MR) is 120 cm³/mol. The number of anilines is 1. The number of aryl methyl sites for hydroxylation is 2. The Bertz CT molecular complexity index is 1260. The van der Waals surface area contributed by atoms with Crippen LogP contribution in [0.25, 0.3) is 27.8 Å². The molecule has 0 amide bonds. The molecule has 5 nitrogen and oxygen atoms in total. The maximum absolute atomic E-state index is 10.9. The van der Waals surface area contributed by atoms with Gasteiger partial charge in [0.05, 0.1) is 0 Å². The van der Waals surface area contributed by atoms with Crippen LogP contribution in [0.1, 0.15) is 30.5 Å². The molecule has 152 valence electrons. The van der Waals surface area contributed by atoms with Crippen LogP contribution in [-0.4, -0.2) is 17.1 Å². The molecule has 0 aliphatic heterocycles. The number of rotatable bonds is 5. The Morgan fingerprint density at radius 2 is 1.63 bits per heavy atom. The monoisotopic (exact) mass is 400 g/mol. The molecular weight excluding hydrogens is 374 g/mol. The van der Waals surface area contributed by atoms with Crippen LogP contribution in [0, 0.1) is 13.8 Å². The van der Waals surface area contributed by atoms with Crippen molar-refractivity contribution in [2.45, 2.75) is 39.7 Å². The Kier molecular flexibility index (Phi) is 4.90. The van der Waals surface area contributed by atoms with Gasteiger partial charge in [0.2, 0.25) is 16.7 Å². The van der Waals surface area contributed by atoms with Crippen LogP contribution < -0.4 is 10.3 Å². The van der Waals surface area contributed by atoms with E-state index >= 15 is 0 Å². The fourth-order valence-corrected chi connectivity index (χ4v) is 3.90. The zero-order valence-corrected chi connectivity index (χ0v) is 17.8. The van der Waals surface area contributed by atoms with Gasteiger partial charge in [-0.15, -0.1) is 4.57 Å². The first-order chi connectivity index (χ1) is 14.3. The lowest BCUT2D eigenvalue weighted by molar-refractivity contribution is -0.538. The Morgan fingerprint density at radius 3 is 2.30 bits per heavy atom. The summed E-state index contributed by atoms with van der Waals surface area (Å²) in [5.74, 6) is 0. The van der Waals surface area contributed by atoms with Gasteiger partial charge >= 0.3 is 0 Å². The normalized spacial score (nSPS) is 11.7. The van der Waals surface area contributed by atoms with E-state index in [1.165, 1.54) is 0 Å². The van der Waals surface area contributed by atoms with Gasteiger partial charge in [-0.1, -0.05) is 18.2 Å². The zero-order valence-electron chi connectivity index (χ0n) is 17.8. The maximum atomic E-state index is 10.9. The Hall–Kier alpha value is -3.47. The number of para-hydroxylation sites is 1. The second kappa shape index (κ2) is 7.41. The minimum atomic E-state index is -0.594. The topological polar surface area (TPSA) is 69.1 Å². The van der Waals surface area contributed by atoms with E-state index in [-0.39, 0.29) is 0 Å². The minimum Gasteiger partial charge on any atom is -0.462 e. The molecule has 1 heterocycles. The van der Waals surface area contributed by atoms with Crippen LogP contribution in [0.15, 0.2) is 54.6 Å². The first-order valence-electron chi connectivity index (χ1n) is 10.0. The van der Waals surface area contributed by atoms with Gasteiger partial charge in [-0.2, -0.15) is 0 Å². The molecule has 4 rings (SSSR count). The molecule has 0 bridgehead atoms. The molecule has 4 aromatic rings. The number of nitrogen functional groups attached to an aromatic ring is 1. The quantitative estimate of drug-likeness (QED) is 0.234. The maximum Gasteiger partial charge on any atom is 0.293 e. The van der Waals surface area contributed by atoms with Gasteiger partial charge in [0.1, 0.15) is 16.6 Å². The molecule has 0 atom stereocenters. The van der Waals surface area contributed by atoms with Crippen molar-refractivity contribution < 1.29 is 14.1 Å². The number of fused-ring (bicyclic) bond motifs is 2. The van der Waals surface area contributed by atoms with Gasteiger partial charge < -0.3 is 10.5 Å². The minimum absolute atomic E-state index is 0.515. The number of nitrogens with zero attached hydrogens (tertiary/aromatic N) is 2. The van der Waals surface area contributed by atoms with Crippen molar-refractivity contribution in [3.05, 3.63) is 71.3 Å². The highest BCUT2D eigenvalue weighted by Gasteiger charge is 2.25. The van der Waals surface area contributed by atoms with E-state index in [1.54, 1.807) is 0 Å². The van der Waals surface area contributed by atoms with Crippen molar-refractivity contribution in [3.8, 4) is 5.69 Å². The highest BCUT2D eigenvalue weighted by molar-refractivity contribution is 5.85. The highest BCUT2D eigenvalue weighted by Crippen LogP contribution is 2.26. The number of nitrogens with two attached hydrogens (primary N) is 1. The molecule has 0 fully saturated rings. The van der Waals surface area contributed by atoms with Gasteiger partial charge in [-0.3, -0.25) is 4.79 Å². The summed E-state index contributed by atoms with van der Waals surface area (Å²) in [6.45, 7) is 8.41. The first-order valence-corrected chi connectivity index (χ1v) is 10.0. The van der Waals surface area contributed by atoms with E-state index in [0.717, 1.165) is 50.1 Å². The van der Waals surface area contributed by atoms with Gasteiger partial charge in [0, 0.05) is 36.4 Å². The number of benzene rings is 3. The summed E-state index contributed by atoms with van der Waals surface area (Å²) >= 11 is 0. The molecule has 1 aromatic heterocycles. The second-order valence-corrected chi connectivity index (χ2v) is 8.40. The van der Waals surface area contributed by atoms with Crippen molar-refractivity contribution in [2.24, 2.45) is 0 Å². The van der Waals surface area contributed by atoms with Crippen molar-refractivity contribution in [2.75, 3.05) is 5.73 Å². The highest BCUT2D eigenvalue weighted by atomic mass is 16.5. The molecule has 5 heteroatoms. The van der Waals surface area contributed by atoms with E-state index in [1.807, 2.05) is 51.1 Å². The molecule has 0 radical (unpaired) electrons. The van der Waals surface area contributed by atoms with Crippen LogP contribution in [0.2, 0.25) is 0 Å². The van der Waals surface area contributed by atoms with Crippen LogP contribution >= 0.6 is 0 Å². The molecule has 0 aliphatic rings. The molecule has 0 saturated heterocycles. The fourth-order valence-electron chi connectivity index (χ4n) is 3.90. The molecule has 3 aromatic carbocycles. The molecular formula is C25H26N3O2+. The van der Waals surface area contributed by atoms with Gasteiger partial charge in [-0.05, 0) is 56.5 Å². The summed E-state index contributed by atoms with van der Waals surface area (Å²) in [4.78, 5) is 15.8. The number of ether oxygens (including phenoxy) is 1. The summed E-state index contributed by atoms with van der Waals surface area (Å²) in [6, 6.07) is 18.5. The van der Waals surface area contributed by atoms with Crippen molar-refractivity contribution in [3.63, 3.8) is 0 Å². The van der Waals surface area contributed by atoms with Gasteiger partial charge in [0.15, 0.2) is 0 Å². The van der Waals surface area contributed by atoms with E-state index in [4.69, 9.17) is 15.5 Å². The molecule has 0 aliphatic carbocycles. The lowest BCUT2D eigenvalue weighted by Gasteiger charge is -2.23. The summed E-state index contributed by atoms with van der Waals surface area (Å²) in [5, 5.41) is 0. The van der Waals surface area contributed by atoms with Crippen LogP contribution in [0.5, 0.6) is 0 Å². The summed E-state index contributed by atoms with van der Waals surface area (Å²) in [5.41, 5.74) is 14.4. The SMILES string of the molecule is Cc1cc2nc3cc(C)c(CC(C)(C)OC=O)cc3[n+](-c3ccccc3)c2cc1N. The lowest BCUT2D eigenvalue weighted by Crippen LogP contribution is -2.34. The van der Waals surface area contributed by atoms with Crippen molar-refractivity contribution >= 4 is 34.2 Å². The summed E-state index contributed by atoms with van der Waals surface area (Å²) in [7, 11) is 0. The lowest BCUT2D eigenvalue weighted by atomic mass is 9.94. The summed E-state index contributed by atoms with van der Waals surface area (Å²) in [6.07, 6.45) is 0.608. The molecule has 0 spiro atoms. The van der Waals surface area contributed by atoms with Gasteiger partial charge in [-0.25, -0.2) is 4.98 Å². The number of aromatic nitrogens is 2. The Balaban J connectivity index is 2.06. The number of carbonyl (C=O) groups excluding carboxylic acids is 1. The number of hydrogen-bond acceptors (Lipinski definition) is 4. The fraction of sp³-hybridized carbons (Fsp3) is 0.240. The van der Waals surface area contributed by atoms with Crippen molar-refractivity contribution in [1.29, 1.82) is 0 Å². The zero-order chi connectivity index (χ0) is 21.5.